The second-order valence-electron chi connectivity index (χ2n) is 6.00. The Morgan fingerprint density at radius 1 is 0.963 bits per heavy atom. The molecule has 0 unspecified atom stereocenters. The van der Waals surface area contributed by atoms with Gasteiger partial charge in [-0.15, -0.1) is 0 Å². The number of methoxy groups -OCH3 is 1. The number of aryl methyl sites for hydroxylation is 1. The molecule has 0 aliphatic carbocycles. The number of carbonyl (C=O) groups is 1. The third-order valence-electron chi connectivity index (χ3n) is 3.74. The van der Waals surface area contributed by atoms with Gasteiger partial charge in [0.15, 0.2) is 0 Å². The summed E-state index contributed by atoms with van der Waals surface area (Å²) < 4.78 is 5.39. The minimum Gasteiger partial charge on any atom is -0.495 e. The van der Waals surface area contributed by atoms with Gasteiger partial charge in [-0.05, 0) is 42.8 Å². The van der Waals surface area contributed by atoms with Crippen LogP contribution in [0.3, 0.4) is 0 Å². The molecule has 2 aromatic carbocycles. The van der Waals surface area contributed by atoms with Crippen molar-refractivity contribution in [1.29, 1.82) is 0 Å². The molecule has 0 aliphatic rings. The molecule has 7 nitrogen and oxygen atoms in total. The van der Waals surface area contributed by atoms with Gasteiger partial charge in [-0.2, -0.15) is 0 Å². The molecule has 0 fully saturated rings. The van der Waals surface area contributed by atoms with Crippen LogP contribution in [-0.4, -0.2) is 23.0 Å². The summed E-state index contributed by atoms with van der Waals surface area (Å²) in [6, 6.07) is 15.1. The van der Waals surface area contributed by atoms with Crippen LogP contribution >= 0.6 is 0 Å². The van der Waals surface area contributed by atoms with Crippen LogP contribution in [0.15, 0.2) is 54.9 Å². The van der Waals surface area contributed by atoms with Gasteiger partial charge >= 0.3 is 0 Å². The van der Waals surface area contributed by atoms with Crippen molar-refractivity contribution >= 4 is 34.6 Å². The Labute approximate surface area is 157 Å². The summed E-state index contributed by atoms with van der Waals surface area (Å²) in [7, 11) is 1.63. The molecule has 0 saturated heterocycles. The van der Waals surface area contributed by atoms with Crippen LogP contribution in [0.2, 0.25) is 0 Å². The third-order valence-corrected chi connectivity index (χ3v) is 3.74. The summed E-state index contributed by atoms with van der Waals surface area (Å²) in [6.45, 7) is 3.49. The van der Waals surface area contributed by atoms with E-state index in [9.17, 15) is 4.79 Å². The average molecular weight is 363 g/mol. The van der Waals surface area contributed by atoms with Crippen molar-refractivity contribution in [1.82, 2.24) is 9.97 Å². The predicted molar refractivity (Wildman–Crippen MR) is 107 cm³/mol. The summed E-state index contributed by atoms with van der Waals surface area (Å²) in [5.74, 6) is 1.87. The zero-order chi connectivity index (χ0) is 19.2. The van der Waals surface area contributed by atoms with Crippen molar-refractivity contribution in [3.05, 3.63) is 60.4 Å². The average Bonchev–Trinajstić information content (AvgIpc) is 2.62. The molecule has 7 heteroatoms. The number of anilines is 5. The molecule has 27 heavy (non-hydrogen) atoms. The van der Waals surface area contributed by atoms with Crippen LogP contribution in [0.5, 0.6) is 5.75 Å². The summed E-state index contributed by atoms with van der Waals surface area (Å²) in [5, 5.41) is 9.22. The van der Waals surface area contributed by atoms with Crippen LogP contribution in [-0.2, 0) is 4.79 Å². The van der Waals surface area contributed by atoms with E-state index in [1.807, 2.05) is 49.4 Å². The van der Waals surface area contributed by atoms with Crippen molar-refractivity contribution in [2.45, 2.75) is 13.8 Å². The first-order valence-corrected chi connectivity index (χ1v) is 8.42. The lowest BCUT2D eigenvalue weighted by atomic mass is 10.2. The molecule has 3 aromatic rings. The maximum absolute atomic E-state index is 11.2. The molecule has 3 N–H and O–H groups in total. The Kier molecular flexibility index (Phi) is 5.51. The molecule has 0 aliphatic heterocycles. The molecule has 0 radical (unpaired) electrons. The molecular weight excluding hydrogens is 342 g/mol. The molecule has 138 valence electrons. The van der Waals surface area contributed by atoms with E-state index in [-0.39, 0.29) is 5.91 Å². The molecule has 3 rings (SSSR count). The van der Waals surface area contributed by atoms with Gasteiger partial charge in [-0.3, -0.25) is 4.79 Å². The van der Waals surface area contributed by atoms with E-state index in [4.69, 9.17) is 4.74 Å². The van der Waals surface area contributed by atoms with Gasteiger partial charge in [-0.1, -0.05) is 12.1 Å². The fourth-order valence-corrected chi connectivity index (χ4v) is 2.58. The largest absolute Gasteiger partial charge is 0.495 e. The number of hydrogen-bond donors (Lipinski definition) is 3. The first kappa shape index (κ1) is 18.2. The second-order valence-corrected chi connectivity index (χ2v) is 6.00. The third kappa shape index (κ3) is 4.94. The predicted octanol–water partition coefficient (Wildman–Crippen LogP) is 4.24. The number of rotatable bonds is 6. The highest BCUT2D eigenvalue weighted by molar-refractivity contribution is 5.89. The molecule has 0 atom stereocenters. The number of carbonyl (C=O) groups excluding carboxylic acids is 1. The van der Waals surface area contributed by atoms with Crippen LogP contribution < -0.4 is 20.7 Å². The molecule has 0 bridgehead atoms. The number of aromatic nitrogens is 2. The normalized spacial score (nSPS) is 10.2. The standard InChI is InChI=1S/C20H21N5O2/c1-13-7-8-18(27-3)17(9-13)25-20-11-19(21-12-22-20)24-16-6-4-5-15(10-16)23-14(2)26/h4-12H,1-3H3,(H,23,26)(H2,21,22,24,25). The second kappa shape index (κ2) is 8.18. The first-order valence-electron chi connectivity index (χ1n) is 8.42. The van der Waals surface area contributed by atoms with Crippen molar-refractivity contribution in [2.24, 2.45) is 0 Å². The zero-order valence-corrected chi connectivity index (χ0v) is 15.4. The maximum Gasteiger partial charge on any atom is 0.221 e. The van der Waals surface area contributed by atoms with Crippen molar-refractivity contribution in [3.63, 3.8) is 0 Å². The van der Waals surface area contributed by atoms with Gasteiger partial charge < -0.3 is 20.7 Å². The quantitative estimate of drug-likeness (QED) is 0.607. The Bertz CT molecular complexity index is 959. The highest BCUT2D eigenvalue weighted by Crippen LogP contribution is 2.28. The van der Waals surface area contributed by atoms with Gasteiger partial charge in [0.2, 0.25) is 5.91 Å². The lowest BCUT2D eigenvalue weighted by Crippen LogP contribution is -2.06. The van der Waals surface area contributed by atoms with Gasteiger partial charge in [0.25, 0.3) is 0 Å². The Hall–Kier alpha value is -3.61. The van der Waals surface area contributed by atoms with Crippen molar-refractivity contribution in [3.8, 4) is 5.75 Å². The molecule has 1 heterocycles. The Morgan fingerprint density at radius 3 is 2.44 bits per heavy atom. The van der Waals surface area contributed by atoms with E-state index in [1.165, 1.54) is 13.3 Å². The number of nitrogens with one attached hydrogen (secondary N) is 3. The number of nitrogens with zero attached hydrogens (tertiary/aromatic N) is 2. The van der Waals surface area contributed by atoms with Gasteiger partial charge in [0, 0.05) is 24.4 Å². The van der Waals surface area contributed by atoms with Crippen molar-refractivity contribution < 1.29 is 9.53 Å². The van der Waals surface area contributed by atoms with Gasteiger partial charge in [-0.25, -0.2) is 9.97 Å². The summed E-state index contributed by atoms with van der Waals surface area (Å²) >= 11 is 0. The molecule has 1 aromatic heterocycles. The summed E-state index contributed by atoms with van der Waals surface area (Å²) in [5.41, 5.74) is 3.46. The fourth-order valence-electron chi connectivity index (χ4n) is 2.58. The number of hydrogen-bond acceptors (Lipinski definition) is 6. The van der Waals surface area contributed by atoms with E-state index in [1.54, 1.807) is 13.2 Å². The summed E-state index contributed by atoms with van der Waals surface area (Å²) in [6.07, 6.45) is 1.48. The Balaban J connectivity index is 1.78. The smallest absolute Gasteiger partial charge is 0.221 e. The number of amides is 1. The van der Waals surface area contributed by atoms with Crippen molar-refractivity contribution in [2.75, 3.05) is 23.1 Å². The lowest BCUT2D eigenvalue weighted by Gasteiger charge is -2.12. The van der Waals surface area contributed by atoms with E-state index < -0.39 is 0 Å². The number of ether oxygens (including phenoxy) is 1. The highest BCUT2D eigenvalue weighted by Gasteiger charge is 2.06. The molecule has 1 amide bonds. The van der Waals surface area contributed by atoms with Crippen LogP contribution in [0.25, 0.3) is 0 Å². The van der Waals surface area contributed by atoms with E-state index in [0.717, 1.165) is 22.7 Å². The SMILES string of the molecule is COc1ccc(C)cc1Nc1cc(Nc2cccc(NC(C)=O)c2)ncn1. The van der Waals surface area contributed by atoms with Crippen LogP contribution in [0.4, 0.5) is 28.7 Å². The van der Waals surface area contributed by atoms with Gasteiger partial charge in [0.1, 0.15) is 23.7 Å². The van der Waals surface area contributed by atoms with E-state index >= 15 is 0 Å². The van der Waals surface area contributed by atoms with Crippen LogP contribution in [0, 0.1) is 6.92 Å². The fraction of sp³-hybridized carbons (Fsp3) is 0.150. The molecule has 0 spiro atoms. The first-order chi connectivity index (χ1) is 13.0. The topological polar surface area (TPSA) is 88.2 Å². The molecule has 0 saturated carbocycles. The summed E-state index contributed by atoms with van der Waals surface area (Å²) in [4.78, 5) is 19.7. The zero-order valence-electron chi connectivity index (χ0n) is 15.4. The minimum atomic E-state index is -0.118. The maximum atomic E-state index is 11.2. The molecular formula is C20H21N5O2. The Morgan fingerprint density at radius 2 is 1.70 bits per heavy atom. The lowest BCUT2D eigenvalue weighted by molar-refractivity contribution is -0.114. The van der Waals surface area contributed by atoms with E-state index in [2.05, 4.69) is 25.9 Å². The van der Waals surface area contributed by atoms with Crippen LogP contribution in [0.1, 0.15) is 12.5 Å². The highest BCUT2D eigenvalue weighted by atomic mass is 16.5. The van der Waals surface area contributed by atoms with E-state index in [0.29, 0.717) is 17.3 Å². The monoisotopic (exact) mass is 363 g/mol. The number of benzene rings is 2. The van der Waals surface area contributed by atoms with Gasteiger partial charge in [0.05, 0.1) is 12.8 Å². The minimum absolute atomic E-state index is 0.118.